The van der Waals surface area contributed by atoms with Crippen LogP contribution in [0.25, 0.3) is 10.2 Å². The first kappa shape index (κ1) is 23.6. The second kappa shape index (κ2) is 9.00. The van der Waals surface area contributed by atoms with Crippen molar-refractivity contribution in [2.24, 2.45) is 5.92 Å². The van der Waals surface area contributed by atoms with Gasteiger partial charge in [-0.2, -0.15) is 0 Å². The summed E-state index contributed by atoms with van der Waals surface area (Å²) in [6, 6.07) is 8.30. The molecule has 1 saturated heterocycles. The lowest BCUT2D eigenvalue weighted by Gasteiger charge is -2.39. The van der Waals surface area contributed by atoms with Gasteiger partial charge in [0.05, 0.1) is 15.8 Å². The van der Waals surface area contributed by atoms with Crippen molar-refractivity contribution in [1.82, 2.24) is 9.88 Å². The Hall–Kier alpha value is -2.56. The van der Waals surface area contributed by atoms with Crippen molar-refractivity contribution in [2.75, 3.05) is 17.8 Å². The number of hydrogen-bond donors (Lipinski definition) is 2. The normalized spacial score (nSPS) is 16.3. The quantitative estimate of drug-likeness (QED) is 0.537. The molecule has 0 atom stereocenters. The number of sulfonamides is 1. The molecule has 0 bridgehead atoms. The molecular formula is C23H26FN3O4S2. The van der Waals surface area contributed by atoms with E-state index in [1.807, 2.05) is 0 Å². The molecule has 7 nitrogen and oxygen atoms in total. The Kier molecular flexibility index (Phi) is 6.43. The van der Waals surface area contributed by atoms with Gasteiger partial charge in [0.1, 0.15) is 16.2 Å². The molecule has 0 radical (unpaired) electrons. The number of nitrogens with one attached hydrogen (secondary N) is 1. The average Bonchev–Trinajstić information content (AvgIpc) is 3.21. The van der Waals surface area contributed by atoms with Crippen LogP contribution in [0.5, 0.6) is 0 Å². The third-order valence-electron chi connectivity index (χ3n) is 5.81. The van der Waals surface area contributed by atoms with Crippen molar-refractivity contribution in [3.8, 4) is 0 Å². The lowest BCUT2D eigenvalue weighted by molar-refractivity contribution is -0.0311. The number of piperidine rings is 1. The minimum atomic E-state index is -4.08. The van der Waals surface area contributed by atoms with Gasteiger partial charge in [-0.3, -0.25) is 9.52 Å². The Morgan fingerprint density at radius 1 is 1.24 bits per heavy atom. The summed E-state index contributed by atoms with van der Waals surface area (Å²) in [4.78, 5) is 18.4. The monoisotopic (exact) mass is 491 g/mol. The summed E-state index contributed by atoms with van der Waals surface area (Å²) < 4.78 is 42.5. The number of aliphatic hydroxyl groups is 1. The van der Waals surface area contributed by atoms with Crippen LogP contribution in [0.1, 0.15) is 43.5 Å². The highest BCUT2D eigenvalue weighted by Gasteiger charge is 2.34. The van der Waals surface area contributed by atoms with E-state index in [0.29, 0.717) is 48.5 Å². The number of hydrogen-bond acceptors (Lipinski definition) is 6. The topological polar surface area (TPSA) is 99.6 Å². The second-order valence-electron chi connectivity index (χ2n) is 8.90. The van der Waals surface area contributed by atoms with E-state index in [2.05, 4.69) is 23.6 Å². The highest BCUT2D eigenvalue weighted by Crippen LogP contribution is 2.30. The van der Waals surface area contributed by atoms with Gasteiger partial charge in [-0.15, -0.1) is 11.3 Å². The largest absolute Gasteiger partial charge is 0.390 e. The van der Waals surface area contributed by atoms with Crippen molar-refractivity contribution < 1.29 is 22.7 Å². The number of thiazole rings is 1. The number of anilines is 1. The van der Waals surface area contributed by atoms with Gasteiger partial charge in [0, 0.05) is 24.3 Å². The summed E-state index contributed by atoms with van der Waals surface area (Å²) in [5.41, 5.74) is 1.63. The van der Waals surface area contributed by atoms with Crippen LogP contribution in [0.3, 0.4) is 0 Å². The van der Waals surface area contributed by atoms with E-state index < -0.39 is 21.4 Å². The van der Waals surface area contributed by atoms with Gasteiger partial charge in [-0.1, -0.05) is 13.8 Å². The first-order valence-corrected chi connectivity index (χ1v) is 13.1. The standard InChI is InChI=1S/C23H26FN3O4S2/c1-15(2)13-23(29)7-9-27(10-8-23)22(28)16-3-5-18(6-4-16)26-33(30,31)20-12-17(24)11-19-21(20)25-14-32-19/h3-6,11-12,14-15,26,29H,7-10,13H2,1-2H3. The summed E-state index contributed by atoms with van der Waals surface area (Å²) in [5.74, 6) is -0.437. The van der Waals surface area contributed by atoms with E-state index in [4.69, 9.17) is 0 Å². The molecule has 0 spiro atoms. The minimum absolute atomic E-state index is 0.162. The Morgan fingerprint density at radius 2 is 1.91 bits per heavy atom. The zero-order valence-corrected chi connectivity index (χ0v) is 20.0. The van der Waals surface area contributed by atoms with Crippen molar-refractivity contribution >= 4 is 43.2 Å². The van der Waals surface area contributed by atoms with Crippen LogP contribution in [0, 0.1) is 11.7 Å². The van der Waals surface area contributed by atoms with Gasteiger partial charge < -0.3 is 10.0 Å². The summed E-state index contributed by atoms with van der Waals surface area (Å²) in [6.45, 7) is 5.08. The summed E-state index contributed by atoms with van der Waals surface area (Å²) in [7, 11) is -4.08. The highest BCUT2D eigenvalue weighted by atomic mass is 32.2. The maximum Gasteiger partial charge on any atom is 0.264 e. The lowest BCUT2D eigenvalue weighted by atomic mass is 9.84. The Labute approximate surface area is 196 Å². The van der Waals surface area contributed by atoms with Crippen LogP contribution in [0.4, 0.5) is 10.1 Å². The fraction of sp³-hybridized carbons (Fsp3) is 0.391. The van der Waals surface area contributed by atoms with Crippen molar-refractivity contribution in [3.05, 3.63) is 53.3 Å². The van der Waals surface area contributed by atoms with E-state index in [-0.39, 0.29) is 22.0 Å². The molecule has 1 fully saturated rings. The average molecular weight is 492 g/mol. The number of rotatable bonds is 6. The van der Waals surface area contributed by atoms with Crippen LogP contribution in [0.2, 0.25) is 0 Å². The maximum atomic E-state index is 13.9. The molecule has 4 rings (SSSR count). The van der Waals surface area contributed by atoms with Crippen LogP contribution in [-0.2, 0) is 10.0 Å². The molecule has 2 aromatic carbocycles. The highest BCUT2D eigenvalue weighted by molar-refractivity contribution is 7.93. The van der Waals surface area contributed by atoms with Gasteiger partial charge in [0.25, 0.3) is 15.9 Å². The molecule has 0 saturated carbocycles. The third-order valence-corrected chi connectivity index (χ3v) is 7.98. The molecule has 3 aromatic rings. The third kappa shape index (κ3) is 5.18. The molecule has 1 aromatic heterocycles. The second-order valence-corrected chi connectivity index (χ2v) is 11.4. The molecule has 33 heavy (non-hydrogen) atoms. The molecule has 1 aliphatic heterocycles. The predicted molar refractivity (Wildman–Crippen MR) is 126 cm³/mol. The van der Waals surface area contributed by atoms with Crippen LogP contribution < -0.4 is 4.72 Å². The Balaban J connectivity index is 1.45. The Bertz CT molecular complexity index is 1260. The number of likely N-dealkylation sites (tertiary alicyclic amines) is 1. The number of carbonyl (C=O) groups excluding carboxylic acids is 1. The smallest absolute Gasteiger partial charge is 0.264 e. The number of halogens is 1. The van der Waals surface area contributed by atoms with E-state index in [0.717, 1.165) is 17.4 Å². The fourth-order valence-electron chi connectivity index (χ4n) is 4.27. The molecule has 0 aliphatic carbocycles. The van der Waals surface area contributed by atoms with Gasteiger partial charge in [-0.25, -0.2) is 17.8 Å². The van der Waals surface area contributed by atoms with E-state index in [1.165, 1.54) is 23.7 Å². The van der Waals surface area contributed by atoms with E-state index in [1.54, 1.807) is 17.0 Å². The van der Waals surface area contributed by atoms with Crippen LogP contribution in [-0.4, -0.2) is 48.0 Å². The Morgan fingerprint density at radius 3 is 2.55 bits per heavy atom. The lowest BCUT2D eigenvalue weighted by Crippen LogP contribution is -2.47. The molecule has 1 amide bonds. The summed E-state index contributed by atoms with van der Waals surface area (Å²) in [6.07, 6.45) is 1.78. The number of benzene rings is 2. The molecular weight excluding hydrogens is 465 g/mol. The summed E-state index contributed by atoms with van der Waals surface area (Å²) >= 11 is 1.16. The molecule has 2 N–H and O–H groups in total. The molecule has 1 aliphatic rings. The summed E-state index contributed by atoms with van der Waals surface area (Å²) in [5, 5.41) is 10.7. The maximum absolute atomic E-state index is 13.9. The van der Waals surface area contributed by atoms with Crippen LogP contribution in [0.15, 0.2) is 46.8 Å². The van der Waals surface area contributed by atoms with Gasteiger partial charge in [-0.05, 0) is 61.6 Å². The molecule has 0 unspecified atom stereocenters. The SMILES string of the molecule is CC(C)CC1(O)CCN(C(=O)c2ccc(NS(=O)(=O)c3cc(F)cc4scnc34)cc2)CC1. The number of aromatic nitrogens is 1. The van der Waals surface area contributed by atoms with Crippen molar-refractivity contribution in [3.63, 3.8) is 0 Å². The zero-order valence-electron chi connectivity index (χ0n) is 18.4. The van der Waals surface area contributed by atoms with Gasteiger partial charge in [0.2, 0.25) is 0 Å². The first-order valence-electron chi connectivity index (χ1n) is 10.7. The number of fused-ring (bicyclic) bond motifs is 1. The van der Waals surface area contributed by atoms with E-state index in [9.17, 15) is 22.7 Å². The van der Waals surface area contributed by atoms with Crippen molar-refractivity contribution in [2.45, 2.75) is 43.6 Å². The predicted octanol–water partition coefficient (Wildman–Crippen LogP) is 4.25. The fourth-order valence-corrected chi connectivity index (χ4v) is 6.30. The number of nitrogens with zero attached hydrogens (tertiary/aromatic N) is 2. The van der Waals surface area contributed by atoms with Crippen LogP contribution >= 0.6 is 11.3 Å². The zero-order chi connectivity index (χ0) is 23.8. The first-order chi connectivity index (χ1) is 15.6. The molecule has 10 heteroatoms. The van der Waals surface area contributed by atoms with Crippen molar-refractivity contribution in [1.29, 1.82) is 0 Å². The minimum Gasteiger partial charge on any atom is -0.390 e. The molecule has 2 heterocycles. The number of carbonyl (C=O) groups is 1. The van der Waals surface area contributed by atoms with Gasteiger partial charge in [0.15, 0.2) is 0 Å². The number of amides is 1. The molecule has 176 valence electrons. The van der Waals surface area contributed by atoms with E-state index >= 15 is 0 Å². The van der Waals surface area contributed by atoms with Gasteiger partial charge >= 0.3 is 0 Å².